The minimum absolute atomic E-state index is 0.0535. The van der Waals surface area contributed by atoms with E-state index in [9.17, 15) is 9.59 Å². The number of hydrogen-bond donors (Lipinski definition) is 3. The molecule has 7 nitrogen and oxygen atoms in total. The third-order valence-electron chi connectivity index (χ3n) is 3.72. The molecule has 2 rings (SSSR count). The average molecular weight is 480 g/mol. The molecule has 0 unspecified atom stereocenters. The Morgan fingerprint density at radius 1 is 1.00 bits per heavy atom. The van der Waals surface area contributed by atoms with Crippen molar-refractivity contribution in [3.63, 3.8) is 0 Å². The van der Waals surface area contributed by atoms with Gasteiger partial charge in [-0.05, 0) is 76.9 Å². The predicted octanol–water partition coefficient (Wildman–Crippen LogP) is 2.80. The lowest BCUT2D eigenvalue weighted by atomic mass is 10.2. The van der Waals surface area contributed by atoms with E-state index in [1.807, 2.05) is 31.2 Å². The molecule has 0 atom stereocenters. The smallest absolute Gasteiger partial charge is 0.276 e. The Morgan fingerprint density at radius 3 is 2.34 bits per heavy atom. The molecule has 0 bridgehead atoms. The summed E-state index contributed by atoms with van der Waals surface area (Å²) in [5.74, 6) is 0.229. The zero-order valence-corrected chi connectivity index (χ0v) is 18.5. The van der Waals surface area contributed by atoms with Crippen LogP contribution in [0.2, 0.25) is 0 Å². The minimum atomic E-state index is -0.462. The lowest BCUT2D eigenvalue weighted by Crippen LogP contribution is -2.50. The molecular weight excluding hydrogens is 458 g/mol. The average Bonchev–Trinajstić information content (AvgIpc) is 2.70. The van der Waals surface area contributed by atoms with E-state index in [2.05, 4.69) is 39.0 Å². The molecule has 2 aromatic carbocycles. The van der Waals surface area contributed by atoms with E-state index in [1.165, 1.54) is 5.56 Å². The maximum Gasteiger partial charge on any atom is 0.276 e. The van der Waals surface area contributed by atoms with E-state index in [4.69, 9.17) is 21.7 Å². The first kappa shape index (κ1) is 22.6. The van der Waals surface area contributed by atoms with Crippen LogP contribution < -0.4 is 25.6 Å². The summed E-state index contributed by atoms with van der Waals surface area (Å²) < 4.78 is 11.6. The summed E-state index contributed by atoms with van der Waals surface area (Å²) in [5, 5.41) is 2.35. The van der Waals surface area contributed by atoms with Gasteiger partial charge < -0.3 is 9.47 Å². The summed E-state index contributed by atoms with van der Waals surface area (Å²) in [6.45, 7) is 3.59. The fourth-order valence-corrected chi connectivity index (χ4v) is 2.97. The van der Waals surface area contributed by atoms with Crippen LogP contribution in [0.25, 0.3) is 0 Å². The molecule has 29 heavy (non-hydrogen) atoms. The Hall–Kier alpha value is -2.65. The molecular formula is C20H22BrN3O4S. The third-order valence-corrected chi connectivity index (χ3v) is 4.54. The summed E-state index contributed by atoms with van der Waals surface area (Å²) in [7, 11) is 0. The minimum Gasteiger partial charge on any atom is -0.484 e. The SMILES string of the molecule is CCc1ccc(OCC(=O)NNC(=S)NC(=O)COc2ccc(C)cc2Br)cc1. The maximum absolute atomic E-state index is 11.9. The first-order valence-corrected chi connectivity index (χ1v) is 10.1. The van der Waals surface area contributed by atoms with Crippen molar-refractivity contribution < 1.29 is 19.1 Å². The van der Waals surface area contributed by atoms with Crippen molar-refractivity contribution >= 4 is 45.1 Å². The number of rotatable bonds is 7. The number of carbonyl (C=O) groups is 2. The number of thiocarbonyl (C=S) groups is 1. The molecule has 0 heterocycles. The number of aryl methyl sites for hydroxylation is 2. The van der Waals surface area contributed by atoms with E-state index in [-0.39, 0.29) is 18.3 Å². The Morgan fingerprint density at radius 2 is 1.69 bits per heavy atom. The Bertz CT molecular complexity index is 875. The second-order valence-electron chi connectivity index (χ2n) is 6.06. The molecule has 2 amide bonds. The number of benzene rings is 2. The van der Waals surface area contributed by atoms with Gasteiger partial charge in [0.25, 0.3) is 11.8 Å². The fraction of sp³-hybridized carbons (Fsp3) is 0.250. The van der Waals surface area contributed by atoms with Crippen molar-refractivity contribution in [2.75, 3.05) is 13.2 Å². The van der Waals surface area contributed by atoms with Gasteiger partial charge in [0, 0.05) is 0 Å². The van der Waals surface area contributed by atoms with Gasteiger partial charge in [0.1, 0.15) is 11.5 Å². The molecule has 2 aromatic rings. The molecule has 154 valence electrons. The Kier molecular flexibility index (Phi) is 8.88. The van der Waals surface area contributed by atoms with Gasteiger partial charge in [-0.1, -0.05) is 25.1 Å². The third kappa shape index (κ3) is 8.08. The highest BCUT2D eigenvalue weighted by Gasteiger charge is 2.09. The van der Waals surface area contributed by atoms with Crippen LogP contribution in [0, 0.1) is 6.92 Å². The van der Waals surface area contributed by atoms with Crippen molar-refractivity contribution in [1.82, 2.24) is 16.2 Å². The molecule has 9 heteroatoms. The maximum atomic E-state index is 11.9. The molecule has 0 spiro atoms. The van der Waals surface area contributed by atoms with Gasteiger partial charge in [-0.3, -0.25) is 25.8 Å². The van der Waals surface area contributed by atoms with Crippen LogP contribution in [0.1, 0.15) is 18.1 Å². The summed E-state index contributed by atoms with van der Waals surface area (Å²) in [6, 6.07) is 13.0. The second-order valence-corrected chi connectivity index (χ2v) is 7.32. The molecule has 0 saturated carbocycles. The first-order valence-electron chi connectivity index (χ1n) is 8.86. The number of hydrazine groups is 1. The lowest BCUT2D eigenvalue weighted by Gasteiger charge is -2.12. The fourth-order valence-electron chi connectivity index (χ4n) is 2.19. The topological polar surface area (TPSA) is 88.7 Å². The largest absolute Gasteiger partial charge is 0.484 e. The molecule has 0 saturated heterocycles. The van der Waals surface area contributed by atoms with Gasteiger partial charge in [0.15, 0.2) is 18.3 Å². The second kappa shape index (κ2) is 11.4. The zero-order valence-electron chi connectivity index (χ0n) is 16.1. The number of halogens is 1. The predicted molar refractivity (Wildman–Crippen MR) is 118 cm³/mol. The lowest BCUT2D eigenvalue weighted by molar-refractivity contribution is -0.124. The van der Waals surface area contributed by atoms with Crippen LogP contribution in [0.4, 0.5) is 0 Å². The highest BCUT2D eigenvalue weighted by molar-refractivity contribution is 9.10. The number of carbonyl (C=O) groups excluding carboxylic acids is 2. The van der Waals surface area contributed by atoms with Crippen molar-refractivity contribution in [2.24, 2.45) is 0 Å². The van der Waals surface area contributed by atoms with Gasteiger partial charge in [0.2, 0.25) is 0 Å². The van der Waals surface area contributed by atoms with E-state index >= 15 is 0 Å². The highest BCUT2D eigenvalue weighted by atomic mass is 79.9. The quantitative estimate of drug-likeness (QED) is 0.417. The summed E-state index contributed by atoms with van der Waals surface area (Å²) >= 11 is 8.34. The van der Waals surface area contributed by atoms with Crippen LogP contribution in [-0.2, 0) is 16.0 Å². The van der Waals surface area contributed by atoms with Crippen LogP contribution >= 0.6 is 28.1 Å². The van der Waals surface area contributed by atoms with Crippen LogP contribution in [0.5, 0.6) is 11.5 Å². The molecule has 0 aliphatic carbocycles. The first-order chi connectivity index (χ1) is 13.9. The van der Waals surface area contributed by atoms with Gasteiger partial charge in [-0.15, -0.1) is 0 Å². The van der Waals surface area contributed by atoms with E-state index < -0.39 is 11.8 Å². The molecule has 0 aromatic heterocycles. The highest BCUT2D eigenvalue weighted by Crippen LogP contribution is 2.25. The van der Waals surface area contributed by atoms with Crippen LogP contribution in [0.3, 0.4) is 0 Å². The zero-order chi connectivity index (χ0) is 21.2. The van der Waals surface area contributed by atoms with Gasteiger partial charge >= 0.3 is 0 Å². The van der Waals surface area contributed by atoms with Crippen molar-refractivity contribution in [2.45, 2.75) is 20.3 Å². The summed E-state index contributed by atoms with van der Waals surface area (Å²) in [6.07, 6.45) is 0.932. The number of hydrogen-bond acceptors (Lipinski definition) is 5. The number of nitrogens with one attached hydrogen (secondary N) is 3. The summed E-state index contributed by atoms with van der Waals surface area (Å²) in [5.41, 5.74) is 7.04. The van der Waals surface area contributed by atoms with Crippen molar-refractivity contribution in [3.8, 4) is 11.5 Å². The standard InChI is InChI=1S/C20H22BrN3O4S/c1-3-14-5-7-15(8-6-14)27-12-19(26)23-24-20(29)22-18(25)11-28-17-9-4-13(2)10-16(17)21/h4-10H,3,11-12H2,1-2H3,(H,23,26)(H2,22,24,25,29). The molecule has 0 radical (unpaired) electrons. The van der Waals surface area contributed by atoms with E-state index in [1.54, 1.807) is 18.2 Å². The molecule has 3 N–H and O–H groups in total. The number of ether oxygens (including phenoxy) is 2. The van der Waals surface area contributed by atoms with E-state index in [0.717, 1.165) is 16.5 Å². The van der Waals surface area contributed by atoms with Gasteiger partial charge in [0.05, 0.1) is 4.47 Å². The summed E-state index contributed by atoms with van der Waals surface area (Å²) in [4.78, 5) is 23.7. The van der Waals surface area contributed by atoms with Gasteiger partial charge in [-0.25, -0.2) is 0 Å². The van der Waals surface area contributed by atoms with Crippen LogP contribution in [0.15, 0.2) is 46.9 Å². The molecule has 0 fully saturated rings. The van der Waals surface area contributed by atoms with Crippen molar-refractivity contribution in [1.29, 1.82) is 0 Å². The van der Waals surface area contributed by atoms with Crippen molar-refractivity contribution in [3.05, 3.63) is 58.1 Å². The molecule has 0 aliphatic heterocycles. The molecule has 0 aliphatic rings. The van der Waals surface area contributed by atoms with Gasteiger partial charge in [-0.2, -0.15) is 0 Å². The Labute approximate surface area is 183 Å². The van der Waals surface area contributed by atoms with Crippen LogP contribution in [-0.4, -0.2) is 30.1 Å². The van der Waals surface area contributed by atoms with E-state index in [0.29, 0.717) is 11.5 Å². The Balaban J connectivity index is 1.66. The normalized spacial score (nSPS) is 10.0. The monoisotopic (exact) mass is 479 g/mol. The number of amides is 2.